The van der Waals surface area contributed by atoms with Gasteiger partial charge in [0.1, 0.15) is 11.8 Å². The van der Waals surface area contributed by atoms with E-state index in [2.05, 4.69) is 10.1 Å². The van der Waals surface area contributed by atoms with Crippen molar-refractivity contribution in [1.29, 1.82) is 0 Å². The maximum absolute atomic E-state index is 11.1. The third-order valence-corrected chi connectivity index (χ3v) is 2.03. The number of esters is 1. The zero-order valence-electron chi connectivity index (χ0n) is 9.11. The molecule has 1 N–H and O–H groups in total. The van der Waals surface area contributed by atoms with Crippen LogP contribution in [0.2, 0.25) is 0 Å². The molecule has 1 atom stereocenters. The summed E-state index contributed by atoms with van der Waals surface area (Å²) in [6.45, 7) is 1.75. The Morgan fingerprint density at radius 2 is 1.87 bits per heavy atom. The van der Waals surface area contributed by atoms with E-state index in [0.29, 0.717) is 0 Å². The fourth-order valence-corrected chi connectivity index (χ4v) is 1.17. The third kappa shape index (κ3) is 3.16. The van der Waals surface area contributed by atoms with Crippen LogP contribution in [0.1, 0.15) is 6.92 Å². The van der Waals surface area contributed by atoms with Crippen molar-refractivity contribution in [3.63, 3.8) is 0 Å². The van der Waals surface area contributed by atoms with Crippen LogP contribution in [0, 0.1) is 0 Å². The summed E-state index contributed by atoms with van der Waals surface area (Å²) in [5, 5.41) is 3.01. The molecule has 1 rings (SSSR count). The maximum Gasteiger partial charge on any atom is 0.327 e. The van der Waals surface area contributed by atoms with Gasteiger partial charge in [0.25, 0.3) is 0 Å². The lowest BCUT2D eigenvalue weighted by atomic mass is 10.2. The largest absolute Gasteiger partial charge is 0.497 e. The molecule has 0 aliphatic heterocycles. The molecule has 0 unspecified atom stereocenters. The van der Waals surface area contributed by atoms with Gasteiger partial charge in [-0.2, -0.15) is 0 Å². The second kappa shape index (κ2) is 5.24. The van der Waals surface area contributed by atoms with Crippen LogP contribution in [0.4, 0.5) is 5.69 Å². The first-order valence-corrected chi connectivity index (χ1v) is 4.65. The minimum Gasteiger partial charge on any atom is -0.497 e. The number of rotatable bonds is 4. The average Bonchev–Trinajstić information content (AvgIpc) is 2.29. The Morgan fingerprint density at radius 1 is 1.27 bits per heavy atom. The van der Waals surface area contributed by atoms with Gasteiger partial charge in [-0.25, -0.2) is 4.79 Å². The van der Waals surface area contributed by atoms with Crippen molar-refractivity contribution in [3.8, 4) is 5.75 Å². The minimum absolute atomic E-state index is 0.286. The second-order valence-electron chi connectivity index (χ2n) is 3.12. The predicted octanol–water partition coefficient (Wildman–Crippen LogP) is 1.67. The molecule has 0 aliphatic rings. The van der Waals surface area contributed by atoms with Crippen molar-refractivity contribution in [3.05, 3.63) is 24.3 Å². The molecule has 0 amide bonds. The molecule has 0 aliphatic carbocycles. The Labute approximate surface area is 89.2 Å². The van der Waals surface area contributed by atoms with E-state index in [0.717, 1.165) is 11.4 Å². The van der Waals surface area contributed by atoms with Crippen molar-refractivity contribution >= 4 is 11.7 Å². The highest BCUT2D eigenvalue weighted by Gasteiger charge is 2.11. The lowest BCUT2D eigenvalue weighted by Gasteiger charge is -2.12. The van der Waals surface area contributed by atoms with Gasteiger partial charge in [0.2, 0.25) is 0 Å². The summed E-state index contributed by atoms with van der Waals surface area (Å²) in [6, 6.07) is 6.98. The molecule has 1 aromatic rings. The topological polar surface area (TPSA) is 47.6 Å². The van der Waals surface area contributed by atoms with Gasteiger partial charge < -0.3 is 14.8 Å². The molecular formula is C11H15NO3. The van der Waals surface area contributed by atoms with Crippen LogP contribution in [0.15, 0.2) is 24.3 Å². The van der Waals surface area contributed by atoms with Crippen molar-refractivity contribution in [2.24, 2.45) is 0 Å². The molecule has 0 saturated carbocycles. The highest BCUT2D eigenvalue weighted by molar-refractivity contribution is 5.78. The number of hydrogen-bond acceptors (Lipinski definition) is 4. The number of methoxy groups -OCH3 is 2. The summed E-state index contributed by atoms with van der Waals surface area (Å²) in [7, 11) is 2.98. The molecular weight excluding hydrogens is 194 g/mol. The monoisotopic (exact) mass is 209 g/mol. The Hall–Kier alpha value is -1.71. The van der Waals surface area contributed by atoms with Gasteiger partial charge in [0.05, 0.1) is 14.2 Å². The van der Waals surface area contributed by atoms with E-state index < -0.39 is 0 Å². The molecule has 0 saturated heterocycles. The number of carbonyl (C=O) groups is 1. The molecule has 0 heterocycles. The van der Waals surface area contributed by atoms with Gasteiger partial charge in [-0.05, 0) is 31.2 Å². The fourth-order valence-electron chi connectivity index (χ4n) is 1.17. The number of hydrogen-bond donors (Lipinski definition) is 1. The Morgan fingerprint density at radius 3 is 2.33 bits per heavy atom. The molecule has 4 nitrogen and oxygen atoms in total. The summed E-state index contributed by atoms with van der Waals surface area (Å²) >= 11 is 0. The van der Waals surface area contributed by atoms with Gasteiger partial charge in [0.15, 0.2) is 0 Å². The average molecular weight is 209 g/mol. The Bertz CT molecular complexity index is 321. The standard InChI is InChI=1S/C11H15NO3/c1-8(11(13)15-3)12-9-4-6-10(14-2)7-5-9/h4-8,12H,1-3H3/t8-/m0/s1. The van der Waals surface area contributed by atoms with Gasteiger partial charge >= 0.3 is 5.97 Å². The quantitative estimate of drug-likeness (QED) is 0.766. The van der Waals surface area contributed by atoms with Crippen LogP contribution >= 0.6 is 0 Å². The van der Waals surface area contributed by atoms with Crippen molar-refractivity contribution in [1.82, 2.24) is 0 Å². The lowest BCUT2D eigenvalue weighted by molar-refractivity contribution is -0.141. The normalized spacial score (nSPS) is 11.7. The van der Waals surface area contributed by atoms with E-state index in [1.165, 1.54) is 7.11 Å². The highest BCUT2D eigenvalue weighted by atomic mass is 16.5. The molecule has 82 valence electrons. The van der Waals surface area contributed by atoms with E-state index in [1.54, 1.807) is 14.0 Å². The Balaban J connectivity index is 2.60. The SMILES string of the molecule is COC(=O)[C@H](C)Nc1ccc(OC)cc1. The van der Waals surface area contributed by atoms with Crippen LogP contribution in [-0.4, -0.2) is 26.2 Å². The van der Waals surface area contributed by atoms with Crippen molar-refractivity contribution < 1.29 is 14.3 Å². The van der Waals surface area contributed by atoms with E-state index in [9.17, 15) is 4.79 Å². The highest BCUT2D eigenvalue weighted by Crippen LogP contribution is 2.15. The Kier molecular flexibility index (Phi) is 3.97. The van der Waals surface area contributed by atoms with Gasteiger partial charge in [-0.1, -0.05) is 0 Å². The van der Waals surface area contributed by atoms with E-state index >= 15 is 0 Å². The molecule has 0 bridgehead atoms. The number of anilines is 1. The summed E-state index contributed by atoms with van der Waals surface area (Å²) in [6.07, 6.45) is 0. The maximum atomic E-state index is 11.1. The van der Waals surface area contributed by atoms with Crippen LogP contribution in [0.25, 0.3) is 0 Å². The first-order chi connectivity index (χ1) is 7.17. The number of nitrogens with one attached hydrogen (secondary N) is 1. The molecule has 0 fully saturated rings. The first kappa shape index (κ1) is 11.4. The fraction of sp³-hybridized carbons (Fsp3) is 0.364. The van der Waals surface area contributed by atoms with Gasteiger partial charge in [0, 0.05) is 5.69 Å². The summed E-state index contributed by atoms with van der Waals surface area (Å²) < 4.78 is 9.63. The zero-order valence-corrected chi connectivity index (χ0v) is 9.11. The molecule has 0 aromatic heterocycles. The minimum atomic E-state index is -0.358. The van der Waals surface area contributed by atoms with Crippen LogP contribution in [0.3, 0.4) is 0 Å². The van der Waals surface area contributed by atoms with Gasteiger partial charge in [-0.3, -0.25) is 0 Å². The number of ether oxygens (including phenoxy) is 2. The molecule has 1 aromatic carbocycles. The lowest BCUT2D eigenvalue weighted by Crippen LogP contribution is -2.27. The smallest absolute Gasteiger partial charge is 0.327 e. The predicted molar refractivity (Wildman–Crippen MR) is 58.1 cm³/mol. The van der Waals surface area contributed by atoms with E-state index in [1.807, 2.05) is 24.3 Å². The van der Waals surface area contributed by atoms with E-state index in [-0.39, 0.29) is 12.0 Å². The second-order valence-corrected chi connectivity index (χ2v) is 3.12. The first-order valence-electron chi connectivity index (χ1n) is 4.65. The zero-order chi connectivity index (χ0) is 11.3. The van der Waals surface area contributed by atoms with Crippen LogP contribution in [-0.2, 0) is 9.53 Å². The molecule has 15 heavy (non-hydrogen) atoms. The molecule has 0 radical (unpaired) electrons. The summed E-state index contributed by atoms with van der Waals surface area (Å²) in [4.78, 5) is 11.1. The summed E-state index contributed by atoms with van der Waals surface area (Å²) in [5.74, 6) is 0.497. The van der Waals surface area contributed by atoms with Crippen LogP contribution in [0.5, 0.6) is 5.75 Å². The van der Waals surface area contributed by atoms with Gasteiger partial charge in [-0.15, -0.1) is 0 Å². The number of benzene rings is 1. The van der Waals surface area contributed by atoms with E-state index in [4.69, 9.17) is 4.74 Å². The third-order valence-electron chi connectivity index (χ3n) is 2.03. The molecule has 0 spiro atoms. The summed E-state index contributed by atoms with van der Waals surface area (Å²) in [5.41, 5.74) is 0.855. The van der Waals surface area contributed by atoms with Crippen LogP contribution < -0.4 is 10.1 Å². The molecule has 4 heteroatoms. The van der Waals surface area contributed by atoms with Crippen molar-refractivity contribution in [2.45, 2.75) is 13.0 Å². The van der Waals surface area contributed by atoms with Crippen molar-refractivity contribution in [2.75, 3.05) is 19.5 Å². The number of carbonyl (C=O) groups excluding carboxylic acids is 1.